The molecule has 0 radical (unpaired) electrons. The topological polar surface area (TPSA) is 24.1 Å². The quantitative estimate of drug-likeness (QED) is 0.806. The molecule has 0 aliphatic rings. The van der Waals surface area contributed by atoms with Crippen molar-refractivity contribution in [2.75, 3.05) is 5.32 Å². The summed E-state index contributed by atoms with van der Waals surface area (Å²) >= 11 is 5.37. The Hall–Kier alpha value is -1.87. The highest BCUT2D eigenvalue weighted by molar-refractivity contribution is 7.80. The van der Waals surface area contributed by atoms with E-state index in [4.69, 9.17) is 12.2 Å². The average molecular weight is 298 g/mol. The van der Waals surface area contributed by atoms with Gasteiger partial charge in [-0.25, -0.2) is 0 Å². The van der Waals surface area contributed by atoms with Crippen molar-refractivity contribution in [2.24, 2.45) is 0 Å². The molecule has 0 aromatic heterocycles. The van der Waals surface area contributed by atoms with Crippen molar-refractivity contribution in [3.05, 3.63) is 65.2 Å². The molecule has 2 rings (SSSR count). The molecule has 2 aromatic rings. The van der Waals surface area contributed by atoms with E-state index in [9.17, 15) is 0 Å². The van der Waals surface area contributed by atoms with Crippen molar-refractivity contribution >= 4 is 23.0 Å². The molecule has 0 amide bonds. The van der Waals surface area contributed by atoms with Crippen LogP contribution in [0.3, 0.4) is 0 Å². The highest BCUT2D eigenvalue weighted by Gasteiger charge is 2.07. The van der Waals surface area contributed by atoms with Crippen LogP contribution in [0.25, 0.3) is 0 Å². The van der Waals surface area contributed by atoms with Gasteiger partial charge in [0, 0.05) is 5.69 Å². The van der Waals surface area contributed by atoms with Crippen LogP contribution >= 0.6 is 12.2 Å². The van der Waals surface area contributed by atoms with Gasteiger partial charge >= 0.3 is 0 Å². The number of thiocarbonyl (C=S) groups is 1. The summed E-state index contributed by atoms with van der Waals surface area (Å²) in [5, 5.41) is 7.17. The van der Waals surface area contributed by atoms with Crippen LogP contribution in [-0.2, 0) is 6.42 Å². The first-order valence-corrected chi connectivity index (χ1v) is 7.72. The zero-order valence-electron chi connectivity index (χ0n) is 12.8. The summed E-state index contributed by atoms with van der Waals surface area (Å²) in [7, 11) is 0. The molecule has 21 heavy (non-hydrogen) atoms. The van der Waals surface area contributed by atoms with Gasteiger partial charge in [-0.1, -0.05) is 48.9 Å². The van der Waals surface area contributed by atoms with E-state index in [-0.39, 0.29) is 6.04 Å². The van der Waals surface area contributed by atoms with Gasteiger partial charge in [-0.05, 0) is 55.7 Å². The molecule has 0 aliphatic carbocycles. The Balaban J connectivity index is 1.93. The number of rotatable bonds is 4. The van der Waals surface area contributed by atoms with Gasteiger partial charge in [0.1, 0.15) is 0 Å². The molecule has 2 aromatic carbocycles. The molecule has 110 valence electrons. The molecule has 0 saturated heterocycles. The van der Waals surface area contributed by atoms with Crippen LogP contribution < -0.4 is 10.6 Å². The largest absolute Gasteiger partial charge is 0.356 e. The van der Waals surface area contributed by atoms with Crippen LogP contribution in [0.1, 0.15) is 36.6 Å². The maximum absolute atomic E-state index is 5.37. The molecule has 2 N–H and O–H groups in total. The van der Waals surface area contributed by atoms with Gasteiger partial charge in [-0.3, -0.25) is 0 Å². The summed E-state index contributed by atoms with van der Waals surface area (Å²) in [6.45, 7) is 6.35. The Labute approximate surface area is 132 Å². The molecule has 2 nitrogen and oxygen atoms in total. The SMILES string of the molecule is CCc1ccc([C@@H](C)NC(=S)Nc2ccc(C)cc2)cc1. The number of anilines is 1. The van der Waals surface area contributed by atoms with E-state index in [0.717, 1.165) is 12.1 Å². The zero-order chi connectivity index (χ0) is 15.2. The maximum atomic E-state index is 5.37. The minimum absolute atomic E-state index is 0.182. The normalized spacial score (nSPS) is 11.8. The first-order chi connectivity index (χ1) is 10.1. The van der Waals surface area contributed by atoms with Crippen molar-refractivity contribution in [1.82, 2.24) is 5.32 Å². The molecule has 0 heterocycles. The lowest BCUT2D eigenvalue weighted by atomic mass is 10.1. The van der Waals surface area contributed by atoms with E-state index in [0.29, 0.717) is 5.11 Å². The lowest BCUT2D eigenvalue weighted by Gasteiger charge is -2.17. The van der Waals surface area contributed by atoms with Crippen LogP contribution in [0.4, 0.5) is 5.69 Å². The van der Waals surface area contributed by atoms with Crippen LogP contribution in [0.5, 0.6) is 0 Å². The fourth-order valence-corrected chi connectivity index (χ4v) is 2.42. The van der Waals surface area contributed by atoms with Crippen LogP contribution in [0.15, 0.2) is 48.5 Å². The van der Waals surface area contributed by atoms with Crippen molar-refractivity contribution in [3.8, 4) is 0 Å². The van der Waals surface area contributed by atoms with E-state index in [1.165, 1.54) is 16.7 Å². The van der Waals surface area contributed by atoms with E-state index < -0.39 is 0 Å². The van der Waals surface area contributed by atoms with E-state index in [1.807, 2.05) is 12.1 Å². The second-order valence-electron chi connectivity index (χ2n) is 5.28. The lowest BCUT2D eigenvalue weighted by molar-refractivity contribution is 0.722. The minimum atomic E-state index is 0.182. The zero-order valence-corrected chi connectivity index (χ0v) is 13.6. The number of aryl methyl sites for hydroxylation is 2. The summed E-state index contributed by atoms with van der Waals surface area (Å²) < 4.78 is 0. The molecule has 0 spiro atoms. The van der Waals surface area contributed by atoms with E-state index in [1.54, 1.807) is 0 Å². The van der Waals surface area contributed by atoms with Gasteiger partial charge in [-0.15, -0.1) is 0 Å². The van der Waals surface area contributed by atoms with Crippen molar-refractivity contribution < 1.29 is 0 Å². The standard InChI is InChI=1S/C18H22N2S/c1-4-15-7-9-16(10-8-15)14(3)19-18(21)20-17-11-5-13(2)6-12-17/h5-12,14H,4H2,1-3H3,(H2,19,20,21)/t14-/m1/s1. The van der Waals surface area contributed by atoms with E-state index in [2.05, 4.69) is 67.8 Å². The first kappa shape index (κ1) is 15.5. The third kappa shape index (κ3) is 4.57. The number of benzene rings is 2. The summed E-state index contributed by atoms with van der Waals surface area (Å²) in [5.74, 6) is 0. The Kier molecular flexibility index (Phi) is 5.34. The molecular weight excluding hydrogens is 276 g/mol. The molecule has 0 fully saturated rings. The van der Waals surface area contributed by atoms with Gasteiger partial charge in [-0.2, -0.15) is 0 Å². The average Bonchev–Trinajstić information content (AvgIpc) is 2.49. The summed E-state index contributed by atoms with van der Waals surface area (Å²) in [4.78, 5) is 0. The number of hydrogen-bond acceptors (Lipinski definition) is 1. The van der Waals surface area contributed by atoms with Crippen LogP contribution in [0.2, 0.25) is 0 Å². The Morgan fingerprint density at radius 1 is 1.05 bits per heavy atom. The van der Waals surface area contributed by atoms with Gasteiger partial charge in [0.2, 0.25) is 0 Å². The minimum Gasteiger partial charge on any atom is -0.356 e. The maximum Gasteiger partial charge on any atom is 0.171 e. The smallest absolute Gasteiger partial charge is 0.171 e. The summed E-state index contributed by atoms with van der Waals surface area (Å²) in [6.07, 6.45) is 1.06. The summed E-state index contributed by atoms with van der Waals surface area (Å²) in [6, 6.07) is 17.0. The van der Waals surface area contributed by atoms with Crippen molar-refractivity contribution in [1.29, 1.82) is 0 Å². The van der Waals surface area contributed by atoms with Crippen molar-refractivity contribution in [3.63, 3.8) is 0 Å². The second kappa shape index (κ2) is 7.23. The fourth-order valence-electron chi connectivity index (χ4n) is 2.13. The molecule has 0 aliphatic heterocycles. The monoisotopic (exact) mass is 298 g/mol. The highest BCUT2D eigenvalue weighted by atomic mass is 32.1. The molecular formula is C18H22N2S. The fraction of sp³-hybridized carbons (Fsp3) is 0.278. The summed E-state index contributed by atoms with van der Waals surface area (Å²) in [5.41, 5.74) is 4.84. The highest BCUT2D eigenvalue weighted by Crippen LogP contribution is 2.14. The molecule has 0 saturated carbocycles. The number of hydrogen-bond donors (Lipinski definition) is 2. The van der Waals surface area contributed by atoms with Crippen molar-refractivity contribution in [2.45, 2.75) is 33.2 Å². The number of nitrogens with one attached hydrogen (secondary N) is 2. The Bertz CT molecular complexity index is 588. The first-order valence-electron chi connectivity index (χ1n) is 7.31. The second-order valence-corrected chi connectivity index (χ2v) is 5.69. The van der Waals surface area contributed by atoms with E-state index >= 15 is 0 Å². The molecule has 3 heteroatoms. The van der Waals surface area contributed by atoms with Gasteiger partial charge < -0.3 is 10.6 Å². The third-order valence-electron chi connectivity index (χ3n) is 3.55. The van der Waals surface area contributed by atoms with Crippen LogP contribution in [-0.4, -0.2) is 5.11 Å². The van der Waals surface area contributed by atoms with Gasteiger partial charge in [0.25, 0.3) is 0 Å². The third-order valence-corrected chi connectivity index (χ3v) is 3.76. The van der Waals surface area contributed by atoms with Gasteiger partial charge in [0.15, 0.2) is 5.11 Å². The predicted molar refractivity (Wildman–Crippen MR) is 94.8 cm³/mol. The molecule has 0 bridgehead atoms. The molecule has 1 atom stereocenters. The molecule has 0 unspecified atom stereocenters. The Morgan fingerprint density at radius 3 is 2.24 bits per heavy atom. The van der Waals surface area contributed by atoms with Gasteiger partial charge in [0.05, 0.1) is 6.04 Å². The predicted octanol–water partition coefficient (Wildman–Crippen LogP) is 4.61. The Morgan fingerprint density at radius 2 is 1.67 bits per heavy atom. The van der Waals surface area contributed by atoms with Crippen LogP contribution in [0, 0.1) is 6.92 Å². The lowest BCUT2D eigenvalue weighted by Crippen LogP contribution is -2.30.